The van der Waals surface area contributed by atoms with Crippen LogP contribution in [0.15, 0.2) is 74.9 Å². The summed E-state index contributed by atoms with van der Waals surface area (Å²) in [6, 6.07) is 14.9. The van der Waals surface area contributed by atoms with Crippen LogP contribution in [0.25, 0.3) is 27.8 Å². The number of hydrogen-bond donors (Lipinski definition) is 2. The van der Waals surface area contributed by atoms with Crippen molar-refractivity contribution in [2.45, 2.75) is 13.0 Å². The van der Waals surface area contributed by atoms with E-state index in [0.717, 1.165) is 9.04 Å². The number of pyridine rings is 1. The number of benzene rings is 2. The highest BCUT2D eigenvalue weighted by atomic mass is 79.9. The number of carbonyl (C=O) groups is 1. The van der Waals surface area contributed by atoms with E-state index in [1.165, 1.54) is 18.2 Å². The summed E-state index contributed by atoms with van der Waals surface area (Å²) in [6.45, 7) is 1.69. The topological polar surface area (TPSA) is 123 Å². The summed E-state index contributed by atoms with van der Waals surface area (Å²) in [5.41, 5.74) is 1.04. The number of imidazole rings is 1. The SMILES string of the molecule is CC(OC(=O)c1ccc2c(=O)n(-c3ccccc3)c(=O)[nH]c2c1)c1nc2ncc(Br)cc2[nH]1. The molecule has 0 bridgehead atoms. The average Bonchev–Trinajstić information content (AvgIpc) is 3.23. The first-order valence-corrected chi connectivity index (χ1v) is 10.8. The van der Waals surface area contributed by atoms with Gasteiger partial charge in [0.25, 0.3) is 5.56 Å². The van der Waals surface area contributed by atoms with E-state index in [-0.39, 0.29) is 16.5 Å². The molecular formula is C23H16BrN5O4. The molecule has 5 aromatic rings. The Balaban J connectivity index is 1.45. The Bertz CT molecular complexity index is 1640. The van der Waals surface area contributed by atoms with Crippen LogP contribution >= 0.6 is 15.9 Å². The average molecular weight is 506 g/mol. The third kappa shape index (κ3) is 3.85. The van der Waals surface area contributed by atoms with Gasteiger partial charge in [0.05, 0.1) is 27.7 Å². The number of esters is 1. The Morgan fingerprint density at radius 2 is 1.85 bits per heavy atom. The summed E-state index contributed by atoms with van der Waals surface area (Å²) < 4.78 is 7.39. The molecule has 2 aromatic carbocycles. The van der Waals surface area contributed by atoms with Gasteiger partial charge in [0, 0.05) is 10.7 Å². The van der Waals surface area contributed by atoms with Gasteiger partial charge in [0.2, 0.25) is 0 Å². The summed E-state index contributed by atoms with van der Waals surface area (Å²) >= 11 is 3.35. The summed E-state index contributed by atoms with van der Waals surface area (Å²) in [5, 5.41) is 0.275. The van der Waals surface area contributed by atoms with Crippen molar-refractivity contribution in [2.24, 2.45) is 0 Å². The van der Waals surface area contributed by atoms with Crippen LogP contribution in [0.1, 0.15) is 29.2 Å². The van der Waals surface area contributed by atoms with E-state index in [2.05, 4.69) is 35.9 Å². The van der Waals surface area contributed by atoms with E-state index in [4.69, 9.17) is 4.74 Å². The van der Waals surface area contributed by atoms with E-state index < -0.39 is 23.3 Å². The molecule has 0 aliphatic heterocycles. The highest BCUT2D eigenvalue weighted by Gasteiger charge is 2.19. The maximum absolute atomic E-state index is 12.9. The van der Waals surface area contributed by atoms with Crippen molar-refractivity contribution < 1.29 is 9.53 Å². The molecule has 0 saturated carbocycles. The lowest BCUT2D eigenvalue weighted by atomic mass is 10.1. The maximum atomic E-state index is 12.9. The Labute approximate surface area is 194 Å². The van der Waals surface area contributed by atoms with E-state index >= 15 is 0 Å². The third-order valence-corrected chi connectivity index (χ3v) is 5.57. The largest absolute Gasteiger partial charge is 0.451 e. The van der Waals surface area contributed by atoms with Gasteiger partial charge in [-0.2, -0.15) is 0 Å². The number of fused-ring (bicyclic) bond motifs is 2. The molecule has 0 radical (unpaired) electrons. The molecule has 3 heterocycles. The second kappa shape index (κ2) is 8.14. The Morgan fingerprint density at radius 1 is 1.06 bits per heavy atom. The normalized spacial score (nSPS) is 12.2. The number of hydrogen-bond acceptors (Lipinski definition) is 6. The van der Waals surface area contributed by atoms with Gasteiger partial charge in [-0.05, 0) is 59.3 Å². The second-order valence-corrected chi connectivity index (χ2v) is 8.28. The number of carbonyl (C=O) groups excluding carboxylic acids is 1. The molecule has 0 aliphatic carbocycles. The van der Waals surface area contributed by atoms with E-state index in [1.54, 1.807) is 43.5 Å². The lowest BCUT2D eigenvalue weighted by molar-refractivity contribution is 0.0322. The van der Waals surface area contributed by atoms with Crippen LogP contribution in [0, 0.1) is 0 Å². The van der Waals surface area contributed by atoms with Crippen molar-refractivity contribution in [3.8, 4) is 5.69 Å². The van der Waals surface area contributed by atoms with Gasteiger partial charge in [0.1, 0.15) is 5.82 Å². The van der Waals surface area contributed by atoms with Crippen LogP contribution in [-0.4, -0.2) is 30.5 Å². The molecule has 5 rings (SSSR count). The summed E-state index contributed by atoms with van der Waals surface area (Å²) in [7, 11) is 0. The van der Waals surface area contributed by atoms with Crippen molar-refractivity contribution in [3.63, 3.8) is 0 Å². The third-order valence-electron chi connectivity index (χ3n) is 5.14. The van der Waals surface area contributed by atoms with Gasteiger partial charge in [-0.25, -0.2) is 24.1 Å². The number of nitrogens with zero attached hydrogens (tertiary/aromatic N) is 3. The van der Waals surface area contributed by atoms with Crippen LogP contribution in [0.4, 0.5) is 0 Å². The van der Waals surface area contributed by atoms with Crippen molar-refractivity contribution in [3.05, 3.63) is 97.5 Å². The van der Waals surface area contributed by atoms with Gasteiger partial charge in [-0.15, -0.1) is 0 Å². The van der Waals surface area contributed by atoms with Crippen molar-refractivity contribution in [2.75, 3.05) is 0 Å². The highest BCUT2D eigenvalue weighted by molar-refractivity contribution is 9.10. The monoisotopic (exact) mass is 505 g/mol. The molecule has 3 aromatic heterocycles. The number of rotatable bonds is 4. The Morgan fingerprint density at radius 3 is 2.64 bits per heavy atom. The molecule has 2 N–H and O–H groups in total. The van der Waals surface area contributed by atoms with Gasteiger partial charge < -0.3 is 14.7 Å². The smallest absolute Gasteiger partial charge is 0.338 e. The first kappa shape index (κ1) is 20.8. The van der Waals surface area contributed by atoms with Crippen molar-refractivity contribution in [1.82, 2.24) is 24.5 Å². The van der Waals surface area contributed by atoms with E-state index in [9.17, 15) is 14.4 Å². The molecule has 164 valence electrons. The van der Waals surface area contributed by atoms with E-state index in [0.29, 0.717) is 22.7 Å². The minimum atomic E-state index is -0.675. The number of H-pyrrole nitrogens is 2. The molecule has 0 amide bonds. The number of aromatic amines is 2. The van der Waals surface area contributed by atoms with Crippen LogP contribution in [0.5, 0.6) is 0 Å². The minimum absolute atomic E-state index is 0.193. The molecule has 0 saturated heterocycles. The molecule has 0 aliphatic rings. The molecular weight excluding hydrogens is 490 g/mol. The highest BCUT2D eigenvalue weighted by Crippen LogP contribution is 2.21. The lowest BCUT2D eigenvalue weighted by Crippen LogP contribution is -2.33. The fraction of sp³-hybridized carbons (Fsp3) is 0.0870. The first-order chi connectivity index (χ1) is 15.9. The number of ether oxygens (including phenoxy) is 1. The number of halogens is 1. The molecule has 0 spiro atoms. The first-order valence-electron chi connectivity index (χ1n) is 9.97. The summed E-state index contributed by atoms with van der Waals surface area (Å²) in [6.07, 6.45) is 0.955. The molecule has 0 fully saturated rings. The zero-order valence-corrected chi connectivity index (χ0v) is 18.8. The fourth-order valence-corrected chi connectivity index (χ4v) is 3.86. The molecule has 9 nitrogen and oxygen atoms in total. The molecule has 1 atom stereocenters. The van der Waals surface area contributed by atoms with Gasteiger partial charge in [-0.1, -0.05) is 18.2 Å². The summed E-state index contributed by atoms with van der Waals surface area (Å²) in [5.74, 6) is -0.170. The second-order valence-electron chi connectivity index (χ2n) is 7.36. The zero-order valence-electron chi connectivity index (χ0n) is 17.2. The predicted molar refractivity (Wildman–Crippen MR) is 126 cm³/mol. The van der Waals surface area contributed by atoms with Crippen LogP contribution in [-0.2, 0) is 4.74 Å². The van der Waals surface area contributed by atoms with Gasteiger partial charge >= 0.3 is 11.7 Å². The molecule has 10 heteroatoms. The Hall–Kier alpha value is -4.05. The van der Waals surface area contributed by atoms with Crippen LogP contribution < -0.4 is 11.2 Å². The quantitative estimate of drug-likeness (QED) is 0.359. The number of para-hydroxylation sites is 1. The number of nitrogens with one attached hydrogen (secondary N) is 2. The van der Waals surface area contributed by atoms with Crippen LogP contribution in [0.2, 0.25) is 0 Å². The fourth-order valence-electron chi connectivity index (χ4n) is 3.53. The standard InChI is InChI=1S/C23H16BrN5O4/c1-12(19-26-18-10-14(24)11-25-20(18)28-19)33-22(31)13-7-8-16-17(9-13)27-23(32)29(21(16)30)15-5-3-2-4-6-15/h2-12H,1H3,(H,27,32)(H,25,26,28). The molecule has 33 heavy (non-hydrogen) atoms. The maximum Gasteiger partial charge on any atom is 0.338 e. The lowest BCUT2D eigenvalue weighted by Gasteiger charge is -2.11. The van der Waals surface area contributed by atoms with Crippen LogP contribution in [0.3, 0.4) is 0 Å². The zero-order chi connectivity index (χ0) is 23.1. The molecule has 1 unspecified atom stereocenters. The minimum Gasteiger partial charge on any atom is -0.451 e. The van der Waals surface area contributed by atoms with E-state index in [1.807, 2.05) is 6.07 Å². The van der Waals surface area contributed by atoms with Crippen molar-refractivity contribution >= 4 is 44.0 Å². The summed E-state index contributed by atoms with van der Waals surface area (Å²) in [4.78, 5) is 52.5. The van der Waals surface area contributed by atoms with Crippen molar-refractivity contribution in [1.29, 1.82) is 0 Å². The van der Waals surface area contributed by atoms with Gasteiger partial charge in [0.15, 0.2) is 11.8 Å². The number of aromatic nitrogens is 5. The van der Waals surface area contributed by atoms with Gasteiger partial charge in [-0.3, -0.25) is 4.79 Å². The Kier molecular flexibility index (Phi) is 5.14. The predicted octanol–water partition coefficient (Wildman–Crippen LogP) is 3.63.